The number of piperidine rings is 1. The lowest BCUT2D eigenvalue weighted by molar-refractivity contribution is -0.136. The van der Waals surface area contributed by atoms with Crippen LogP contribution in [0.1, 0.15) is 37.3 Å². The number of para-hydroxylation sites is 1. The van der Waals surface area contributed by atoms with Gasteiger partial charge in [-0.1, -0.05) is 32.0 Å². The van der Waals surface area contributed by atoms with E-state index >= 15 is 0 Å². The first-order valence-electron chi connectivity index (χ1n) is 11.6. The summed E-state index contributed by atoms with van der Waals surface area (Å²) in [7, 11) is 0. The number of amides is 2. The fourth-order valence-corrected chi connectivity index (χ4v) is 4.96. The summed E-state index contributed by atoms with van der Waals surface area (Å²) in [6.45, 7) is 7.39. The van der Waals surface area contributed by atoms with Crippen molar-refractivity contribution >= 4 is 11.8 Å². The topological polar surface area (TPSA) is 75.6 Å². The first-order valence-corrected chi connectivity index (χ1v) is 11.6. The summed E-state index contributed by atoms with van der Waals surface area (Å²) in [5.41, 5.74) is 0. The first kappa shape index (κ1) is 22.2. The number of hydrogen-bond donors (Lipinski definition) is 0. The summed E-state index contributed by atoms with van der Waals surface area (Å²) >= 11 is 0. The lowest BCUT2D eigenvalue weighted by atomic mass is 9.78. The second-order valence-electron chi connectivity index (χ2n) is 9.15. The van der Waals surface area contributed by atoms with Crippen LogP contribution >= 0.6 is 0 Å². The molecule has 2 amide bonds. The van der Waals surface area contributed by atoms with Gasteiger partial charge in [0.15, 0.2) is 0 Å². The van der Waals surface area contributed by atoms with Crippen LogP contribution in [-0.4, -0.2) is 64.4 Å². The fraction of sp³-hybridized carbons (Fsp3) is 0.520. The molecule has 2 aromatic rings. The largest absolute Gasteiger partial charge is 0.493 e. The molecule has 0 aliphatic carbocycles. The number of likely N-dealkylation sites (tertiary alicyclic amines) is 2. The molecule has 32 heavy (non-hydrogen) atoms. The first-order chi connectivity index (χ1) is 15.5. The van der Waals surface area contributed by atoms with Crippen LogP contribution in [0.25, 0.3) is 0 Å². The highest BCUT2D eigenvalue weighted by Gasteiger charge is 2.42. The molecule has 0 saturated carbocycles. The maximum Gasteiger partial charge on any atom is 0.291 e. The Morgan fingerprint density at radius 3 is 2.34 bits per heavy atom. The van der Waals surface area contributed by atoms with Crippen molar-refractivity contribution in [3.8, 4) is 5.75 Å². The van der Waals surface area contributed by atoms with E-state index in [0.717, 1.165) is 31.7 Å². The number of benzene rings is 1. The molecule has 4 rings (SSSR count). The van der Waals surface area contributed by atoms with E-state index in [9.17, 15) is 9.59 Å². The van der Waals surface area contributed by atoms with Gasteiger partial charge in [0, 0.05) is 50.4 Å². The van der Waals surface area contributed by atoms with E-state index in [0.29, 0.717) is 31.5 Å². The van der Waals surface area contributed by atoms with Crippen molar-refractivity contribution < 1.29 is 14.3 Å². The van der Waals surface area contributed by atoms with Crippen molar-refractivity contribution in [1.82, 2.24) is 19.8 Å². The molecule has 0 unspecified atom stereocenters. The normalized spacial score (nSPS) is 21.7. The zero-order valence-electron chi connectivity index (χ0n) is 18.9. The summed E-state index contributed by atoms with van der Waals surface area (Å²) < 4.78 is 6.10. The van der Waals surface area contributed by atoms with Gasteiger partial charge >= 0.3 is 0 Å². The van der Waals surface area contributed by atoms with Gasteiger partial charge in [-0.3, -0.25) is 9.59 Å². The molecule has 2 aliphatic heterocycles. The Kier molecular flexibility index (Phi) is 7.02. The van der Waals surface area contributed by atoms with Crippen molar-refractivity contribution in [1.29, 1.82) is 0 Å². The summed E-state index contributed by atoms with van der Waals surface area (Å²) in [5.74, 6) is 2.27. The lowest BCUT2D eigenvalue weighted by Crippen LogP contribution is -2.43. The third-order valence-corrected chi connectivity index (χ3v) is 6.69. The van der Waals surface area contributed by atoms with Gasteiger partial charge in [-0.25, -0.2) is 9.97 Å². The molecule has 0 radical (unpaired) electrons. The number of ether oxygens (including phenoxy) is 1. The van der Waals surface area contributed by atoms with Crippen LogP contribution in [-0.2, 0) is 4.79 Å². The quantitative estimate of drug-likeness (QED) is 0.695. The van der Waals surface area contributed by atoms with Crippen LogP contribution in [0.5, 0.6) is 5.75 Å². The van der Waals surface area contributed by atoms with Crippen molar-refractivity contribution in [2.24, 2.45) is 23.7 Å². The van der Waals surface area contributed by atoms with Gasteiger partial charge in [0.05, 0.1) is 6.61 Å². The molecule has 170 valence electrons. The van der Waals surface area contributed by atoms with E-state index in [1.807, 2.05) is 54.0 Å². The molecular formula is C25H32N4O3. The average molecular weight is 437 g/mol. The highest BCUT2D eigenvalue weighted by atomic mass is 16.5. The lowest BCUT2D eigenvalue weighted by Gasteiger charge is -2.37. The van der Waals surface area contributed by atoms with Crippen LogP contribution in [0.4, 0.5) is 0 Å². The van der Waals surface area contributed by atoms with Crippen molar-refractivity contribution in [2.75, 3.05) is 32.8 Å². The molecule has 2 fully saturated rings. The number of carbonyl (C=O) groups excluding carboxylic acids is 2. The van der Waals surface area contributed by atoms with Gasteiger partial charge in [0.25, 0.3) is 5.91 Å². The third-order valence-electron chi connectivity index (χ3n) is 6.69. The van der Waals surface area contributed by atoms with Crippen LogP contribution in [0.15, 0.2) is 48.8 Å². The molecular weight excluding hydrogens is 404 g/mol. The average Bonchev–Trinajstić information content (AvgIpc) is 3.27. The highest BCUT2D eigenvalue weighted by Crippen LogP contribution is 2.36. The van der Waals surface area contributed by atoms with Crippen molar-refractivity contribution in [2.45, 2.75) is 26.7 Å². The van der Waals surface area contributed by atoms with Gasteiger partial charge in [-0.05, 0) is 42.9 Å². The highest BCUT2D eigenvalue weighted by molar-refractivity contribution is 5.90. The van der Waals surface area contributed by atoms with E-state index in [1.165, 1.54) is 0 Å². The van der Waals surface area contributed by atoms with Crippen molar-refractivity contribution in [3.63, 3.8) is 0 Å². The predicted molar refractivity (Wildman–Crippen MR) is 121 cm³/mol. The van der Waals surface area contributed by atoms with Gasteiger partial charge in [0.2, 0.25) is 11.7 Å². The van der Waals surface area contributed by atoms with Crippen molar-refractivity contribution in [3.05, 3.63) is 54.6 Å². The van der Waals surface area contributed by atoms with E-state index in [4.69, 9.17) is 4.74 Å². The molecule has 1 aromatic carbocycles. The Balaban J connectivity index is 1.44. The maximum atomic E-state index is 13.0. The Labute approximate surface area is 189 Å². The zero-order chi connectivity index (χ0) is 22.5. The van der Waals surface area contributed by atoms with Crippen LogP contribution < -0.4 is 4.74 Å². The number of nitrogens with zero attached hydrogens (tertiary/aromatic N) is 4. The Morgan fingerprint density at radius 1 is 1.00 bits per heavy atom. The van der Waals surface area contributed by atoms with Crippen LogP contribution in [0.3, 0.4) is 0 Å². The molecule has 0 bridgehead atoms. The second-order valence-corrected chi connectivity index (χ2v) is 9.15. The van der Waals surface area contributed by atoms with E-state index in [1.54, 1.807) is 18.5 Å². The molecule has 7 heteroatoms. The van der Waals surface area contributed by atoms with E-state index < -0.39 is 0 Å². The molecule has 7 nitrogen and oxygen atoms in total. The Bertz CT molecular complexity index is 898. The summed E-state index contributed by atoms with van der Waals surface area (Å²) in [5, 5.41) is 0. The maximum absolute atomic E-state index is 13.0. The summed E-state index contributed by atoms with van der Waals surface area (Å²) in [6, 6.07) is 11.5. The Morgan fingerprint density at radius 2 is 1.69 bits per heavy atom. The minimum atomic E-state index is -0.120. The minimum Gasteiger partial charge on any atom is -0.493 e. The summed E-state index contributed by atoms with van der Waals surface area (Å²) in [6.07, 6.45) is 5.14. The molecule has 2 atom stereocenters. The van der Waals surface area contributed by atoms with Gasteiger partial charge in [0.1, 0.15) is 5.75 Å². The molecule has 2 aliphatic rings. The third kappa shape index (κ3) is 5.09. The molecule has 3 heterocycles. The zero-order valence-corrected chi connectivity index (χ0v) is 18.9. The number of carbonyl (C=O) groups is 2. The smallest absolute Gasteiger partial charge is 0.291 e. The monoisotopic (exact) mass is 436 g/mol. The van der Waals surface area contributed by atoms with Gasteiger partial charge in [-0.15, -0.1) is 0 Å². The SMILES string of the molecule is CC(C)C(=O)N1CCC([C@@H]2CN(C(=O)c3ncccn3)C[C@H]2COc2ccccc2)CC1. The molecule has 0 N–H and O–H groups in total. The molecule has 1 aromatic heterocycles. The van der Waals surface area contributed by atoms with Crippen LogP contribution in [0.2, 0.25) is 0 Å². The Hall–Kier alpha value is -2.96. The molecule has 2 saturated heterocycles. The van der Waals surface area contributed by atoms with E-state index in [2.05, 4.69) is 9.97 Å². The number of hydrogen-bond acceptors (Lipinski definition) is 5. The fourth-order valence-electron chi connectivity index (χ4n) is 4.96. The number of aromatic nitrogens is 2. The van der Waals surface area contributed by atoms with E-state index in [-0.39, 0.29) is 29.5 Å². The summed E-state index contributed by atoms with van der Waals surface area (Å²) in [4.78, 5) is 37.6. The van der Waals surface area contributed by atoms with Gasteiger partial charge in [-0.2, -0.15) is 0 Å². The minimum absolute atomic E-state index is 0.0315. The van der Waals surface area contributed by atoms with Gasteiger partial charge < -0.3 is 14.5 Å². The van der Waals surface area contributed by atoms with Crippen LogP contribution in [0, 0.1) is 23.7 Å². The second kappa shape index (κ2) is 10.1. The predicted octanol–water partition coefficient (Wildman–Crippen LogP) is 3.14. The standard InChI is InChI=1S/C25H32N4O3/c1-18(2)24(30)28-13-9-19(10-14-28)22-16-29(25(31)23-26-11-6-12-27-23)15-20(22)17-32-21-7-4-3-5-8-21/h3-8,11-12,18-20,22H,9-10,13-17H2,1-2H3/t20-,22-/m0/s1. The molecule has 0 spiro atoms. The number of rotatable bonds is 6.